The number of rotatable bonds is 5. The number of nitrogens with one attached hydrogen (secondary N) is 1. The van der Waals surface area contributed by atoms with Gasteiger partial charge in [-0.2, -0.15) is 5.10 Å². The van der Waals surface area contributed by atoms with E-state index in [2.05, 4.69) is 17.3 Å². The van der Waals surface area contributed by atoms with Crippen molar-refractivity contribution in [1.29, 1.82) is 0 Å². The predicted molar refractivity (Wildman–Crippen MR) is 72.8 cm³/mol. The van der Waals surface area contributed by atoms with E-state index in [0.29, 0.717) is 11.7 Å². The Labute approximate surface area is 112 Å². The van der Waals surface area contributed by atoms with Gasteiger partial charge in [0.15, 0.2) is 0 Å². The molecule has 3 nitrogen and oxygen atoms in total. The maximum atomic E-state index is 13.8. The molecule has 0 aliphatic heterocycles. The zero-order valence-electron chi connectivity index (χ0n) is 11.1. The van der Waals surface area contributed by atoms with Crippen LogP contribution >= 0.6 is 0 Å². The Bertz CT molecular complexity index is 573. The molecule has 0 unspecified atom stereocenters. The van der Waals surface area contributed by atoms with E-state index in [1.807, 2.05) is 12.3 Å². The van der Waals surface area contributed by atoms with Gasteiger partial charge in [0.05, 0.1) is 6.20 Å². The predicted octanol–water partition coefficient (Wildman–Crippen LogP) is 2.83. The second-order valence-corrected chi connectivity index (χ2v) is 4.99. The van der Waals surface area contributed by atoms with Crippen LogP contribution in [0.2, 0.25) is 0 Å². The van der Waals surface area contributed by atoms with E-state index in [1.165, 1.54) is 18.9 Å². The molecule has 0 amide bonds. The van der Waals surface area contributed by atoms with E-state index in [4.69, 9.17) is 0 Å². The average molecular weight is 259 g/mol. The molecule has 0 saturated heterocycles. The molecule has 4 heteroatoms. The topological polar surface area (TPSA) is 29.9 Å². The quantitative estimate of drug-likeness (QED) is 0.894. The highest BCUT2D eigenvalue weighted by atomic mass is 19.1. The summed E-state index contributed by atoms with van der Waals surface area (Å²) >= 11 is 0. The number of para-hydroxylation sites is 1. The van der Waals surface area contributed by atoms with Gasteiger partial charge >= 0.3 is 0 Å². The van der Waals surface area contributed by atoms with Crippen molar-refractivity contribution in [2.45, 2.75) is 38.8 Å². The molecule has 19 heavy (non-hydrogen) atoms. The summed E-state index contributed by atoms with van der Waals surface area (Å²) in [6.45, 7) is 2.90. The van der Waals surface area contributed by atoms with Gasteiger partial charge in [-0.15, -0.1) is 0 Å². The molecular formula is C15H18FN3. The molecule has 100 valence electrons. The van der Waals surface area contributed by atoms with Gasteiger partial charge in [-0.25, -0.2) is 9.07 Å². The number of halogens is 1. The summed E-state index contributed by atoms with van der Waals surface area (Å²) < 4.78 is 15.6. The lowest BCUT2D eigenvalue weighted by Gasteiger charge is -2.09. The molecule has 0 radical (unpaired) electrons. The Hall–Kier alpha value is -1.68. The zero-order valence-corrected chi connectivity index (χ0v) is 11.1. The highest BCUT2D eigenvalue weighted by Gasteiger charge is 2.21. The minimum atomic E-state index is -0.234. The largest absolute Gasteiger partial charge is 0.310 e. The molecule has 2 aromatic rings. The van der Waals surface area contributed by atoms with Crippen LogP contribution in [0.1, 0.15) is 31.0 Å². The smallest absolute Gasteiger partial charge is 0.148 e. The van der Waals surface area contributed by atoms with Gasteiger partial charge in [-0.05, 0) is 31.4 Å². The van der Waals surface area contributed by atoms with Crippen LogP contribution in [0.25, 0.3) is 5.69 Å². The van der Waals surface area contributed by atoms with E-state index in [0.717, 1.165) is 24.2 Å². The molecule has 0 spiro atoms. The molecule has 0 atom stereocenters. The van der Waals surface area contributed by atoms with Gasteiger partial charge in [0.25, 0.3) is 0 Å². The maximum absolute atomic E-state index is 13.8. The van der Waals surface area contributed by atoms with E-state index in [1.54, 1.807) is 16.8 Å². The van der Waals surface area contributed by atoms with Crippen LogP contribution in [-0.4, -0.2) is 15.8 Å². The molecule has 1 aliphatic rings. The number of benzene rings is 1. The fourth-order valence-electron chi connectivity index (χ4n) is 2.31. The first-order valence-electron chi connectivity index (χ1n) is 6.83. The van der Waals surface area contributed by atoms with Crippen molar-refractivity contribution in [2.24, 2.45) is 0 Å². The minimum Gasteiger partial charge on any atom is -0.310 e. The summed E-state index contributed by atoms with van der Waals surface area (Å²) in [6.07, 6.45) is 5.22. The molecule has 1 aromatic carbocycles. The third kappa shape index (κ3) is 2.54. The lowest BCUT2D eigenvalue weighted by atomic mass is 10.2. The number of hydrogen-bond acceptors (Lipinski definition) is 2. The highest BCUT2D eigenvalue weighted by Crippen LogP contribution is 2.21. The normalized spacial score (nSPS) is 14.8. The van der Waals surface area contributed by atoms with E-state index < -0.39 is 0 Å². The summed E-state index contributed by atoms with van der Waals surface area (Å²) in [5, 5.41) is 7.83. The first kappa shape index (κ1) is 12.4. The van der Waals surface area contributed by atoms with Crippen LogP contribution in [0.3, 0.4) is 0 Å². The van der Waals surface area contributed by atoms with Gasteiger partial charge < -0.3 is 5.32 Å². The zero-order chi connectivity index (χ0) is 13.2. The van der Waals surface area contributed by atoms with Crippen molar-refractivity contribution < 1.29 is 4.39 Å². The number of aromatic nitrogens is 2. The molecule has 1 heterocycles. The Balaban J connectivity index is 1.90. The van der Waals surface area contributed by atoms with Crippen molar-refractivity contribution in [1.82, 2.24) is 15.1 Å². The molecule has 1 N–H and O–H groups in total. The summed E-state index contributed by atoms with van der Waals surface area (Å²) in [5.74, 6) is -0.234. The molecular weight excluding hydrogens is 241 g/mol. The van der Waals surface area contributed by atoms with Gasteiger partial charge in [-0.3, -0.25) is 0 Å². The monoisotopic (exact) mass is 259 g/mol. The third-order valence-corrected chi connectivity index (χ3v) is 3.53. The van der Waals surface area contributed by atoms with Crippen LogP contribution in [0.5, 0.6) is 0 Å². The third-order valence-electron chi connectivity index (χ3n) is 3.53. The van der Waals surface area contributed by atoms with Gasteiger partial charge in [0.2, 0.25) is 0 Å². The van der Waals surface area contributed by atoms with Crippen molar-refractivity contribution in [3.8, 4) is 5.69 Å². The Morgan fingerprint density at radius 3 is 2.84 bits per heavy atom. The Morgan fingerprint density at radius 2 is 2.16 bits per heavy atom. The van der Waals surface area contributed by atoms with E-state index >= 15 is 0 Å². The first-order chi connectivity index (χ1) is 9.29. The van der Waals surface area contributed by atoms with Crippen LogP contribution in [0, 0.1) is 5.82 Å². The molecule has 1 aliphatic carbocycles. The summed E-state index contributed by atoms with van der Waals surface area (Å²) in [4.78, 5) is 0. The SMILES string of the molecule is CCc1c(CNC2CC2)cnn1-c1ccccc1F. The molecule has 3 rings (SSSR count). The summed E-state index contributed by atoms with van der Waals surface area (Å²) in [5.41, 5.74) is 2.77. The van der Waals surface area contributed by atoms with Crippen LogP contribution in [-0.2, 0) is 13.0 Å². The molecule has 1 aromatic heterocycles. The summed E-state index contributed by atoms with van der Waals surface area (Å²) in [7, 11) is 0. The minimum absolute atomic E-state index is 0.234. The summed E-state index contributed by atoms with van der Waals surface area (Å²) in [6, 6.07) is 7.44. The lowest BCUT2D eigenvalue weighted by molar-refractivity contribution is 0.606. The van der Waals surface area contributed by atoms with Gasteiger partial charge in [0.1, 0.15) is 11.5 Å². The molecule has 0 bridgehead atoms. The molecule has 1 fully saturated rings. The average Bonchev–Trinajstić information content (AvgIpc) is 3.16. The second kappa shape index (κ2) is 5.13. The van der Waals surface area contributed by atoms with E-state index in [-0.39, 0.29) is 5.82 Å². The molecule has 1 saturated carbocycles. The van der Waals surface area contributed by atoms with Gasteiger partial charge in [0, 0.05) is 23.8 Å². The van der Waals surface area contributed by atoms with Crippen LogP contribution < -0.4 is 5.32 Å². The van der Waals surface area contributed by atoms with Crippen molar-refractivity contribution >= 4 is 0 Å². The van der Waals surface area contributed by atoms with Gasteiger partial charge in [-0.1, -0.05) is 19.1 Å². The van der Waals surface area contributed by atoms with E-state index in [9.17, 15) is 4.39 Å². The van der Waals surface area contributed by atoms with Crippen LogP contribution in [0.4, 0.5) is 4.39 Å². The fraction of sp³-hybridized carbons (Fsp3) is 0.400. The standard InChI is InChI=1S/C15H18FN3/c1-2-14-11(9-17-12-7-8-12)10-18-19(14)15-6-4-3-5-13(15)16/h3-6,10,12,17H,2,7-9H2,1H3. The number of nitrogens with zero attached hydrogens (tertiary/aromatic N) is 2. The van der Waals surface area contributed by atoms with Crippen molar-refractivity contribution in [3.63, 3.8) is 0 Å². The van der Waals surface area contributed by atoms with Crippen molar-refractivity contribution in [3.05, 3.63) is 47.5 Å². The highest BCUT2D eigenvalue weighted by molar-refractivity contribution is 5.36. The first-order valence-corrected chi connectivity index (χ1v) is 6.83. The number of hydrogen-bond donors (Lipinski definition) is 1. The van der Waals surface area contributed by atoms with Crippen molar-refractivity contribution in [2.75, 3.05) is 0 Å². The maximum Gasteiger partial charge on any atom is 0.148 e. The Morgan fingerprint density at radius 1 is 1.37 bits per heavy atom. The fourth-order valence-corrected chi connectivity index (χ4v) is 2.31. The second-order valence-electron chi connectivity index (χ2n) is 4.99. The Kier molecular flexibility index (Phi) is 3.34. The van der Waals surface area contributed by atoms with Crippen LogP contribution in [0.15, 0.2) is 30.5 Å². The lowest BCUT2D eigenvalue weighted by Crippen LogP contribution is -2.16.